The Morgan fingerprint density at radius 2 is 1.86 bits per heavy atom. The Morgan fingerprint density at radius 3 is 2.64 bits per heavy atom. The van der Waals surface area contributed by atoms with Crippen molar-refractivity contribution in [1.82, 2.24) is 25.6 Å². The molecule has 0 saturated heterocycles. The van der Waals surface area contributed by atoms with E-state index < -0.39 is 0 Å². The van der Waals surface area contributed by atoms with Crippen LogP contribution in [-0.4, -0.2) is 26.2 Å². The van der Waals surface area contributed by atoms with Crippen LogP contribution in [0.3, 0.4) is 0 Å². The molecule has 0 radical (unpaired) electrons. The number of carbonyl (C=O) groups is 1. The van der Waals surface area contributed by atoms with Crippen LogP contribution in [0.2, 0.25) is 0 Å². The Labute approximate surface area is 160 Å². The van der Waals surface area contributed by atoms with E-state index in [1.165, 1.54) is 0 Å². The van der Waals surface area contributed by atoms with E-state index in [9.17, 15) is 4.79 Å². The SMILES string of the molecule is Cc1nc(-c2cccc(C(=O)NCc3noc(Cc4ccccc4)n3)c2)no1. The molecule has 0 atom stereocenters. The van der Waals surface area contributed by atoms with E-state index in [0.29, 0.717) is 41.0 Å². The smallest absolute Gasteiger partial charge is 0.251 e. The van der Waals surface area contributed by atoms with Gasteiger partial charge in [-0.1, -0.05) is 52.8 Å². The van der Waals surface area contributed by atoms with Gasteiger partial charge in [0.05, 0.1) is 13.0 Å². The number of rotatable bonds is 6. The summed E-state index contributed by atoms with van der Waals surface area (Å²) < 4.78 is 10.2. The molecule has 0 bridgehead atoms. The second-order valence-electron chi connectivity index (χ2n) is 6.17. The Balaban J connectivity index is 1.38. The zero-order chi connectivity index (χ0) is 19.3. The average Bonchev–Trinajstić information content (AvgIpc) is 3.36. The predicted molar refractivity (Wildman–Crippen MR) is 99.2 cm³/mol. The minimum atomic E-state index is -0.253. The lowest BCUT2D eigenvalue weighted by Gasteiger charge is -2.03. The fourth-order valence-electron chi connectivity index (χ4n) is 2.68. The zero-order valence-electron chi connectivity index (χ0n) is 15.1. The van der Waals surface area contributed by atoms with Gasteiger partial charge in [-0.05, 0) is 17.7 Å². The molecule has 0 saturated carbocycles. The predicted octanol–water partition coefficient (Wildman–Crippen LogP) is 2.95. The van der Waals surface area contributed by atoms with E-state index in [2.05, 4.69) is 25.6 Å². The molecule has 4 aromatic rings. The molecule has 4 rings (SSSR count). The minimum Gasteiger partial charge on any atom is -0.345 e. The highest BCUT2D eigenvalue weighted by Crippen LogP contribution is 2.17. The summed E-state index contributed by atoms with van der Waals surface area (Å²) >= 11 is 0. The molecule has 140 valence electrons. The van der Waals surface area contributed by atoms with Crippen molar-refractivity contribution in [3.05, 3.63) is 83.3 Å². The van der Waals surface area contributed by atoms with Crippen LogP contribution in [0.25, 0.3) is 11.4 Å². The third kappa shape index (κ3) is 4.12. The number of amides is 1. The number of hydrogen-bond donors (Lipinski definition) is 1. The van der Waals surface area contributed by atoms with Crippen molar-refractivity contribution in [3.63, 3.8) is 0 Å². The van der Waals surface area contributed by atoms with Crippen LogP contribution >= 0.6 is 0 Å². The van der Waals surface area contributed by atoms with E-state index in [1.807, 2.05) is 36.4 Å². The van der Waals surface area contributed by atoms with Crippen LogP contribution in [0, 0.1) is 6.92 Å². The van der Waals surface area contributed by atoms with Crippen molar-refractivity contribution in [2.45, 2.75) is 19.9 Å². The summed E-state index contributed by atoms with van der Waals surface area (Å²) in [6.07, 6.45) is 0.550. The molecule has 0 spiro atoms. The van der Waals surface area contributed by atoms with Gasteiger partial charge in [-0.25, -0.2) is 0 Å². The van der Waals surface area contributed by atoms with Gasteiger partial charge >= 0.3 is 0 Å². The second-order valence-corrected chi connectivity index (χ2v) is 6.17. The molecule has 8 heteroatoms. The van der Waals surface area contributed by atoms with E-state index in [1.54, 1.807) is 25.1 Å². The Kier molecular flexibility index (Phi) is 4.92. The van der Waals surface area contributed by atoms with E-state index in [0.717, 1.165) is 5.56 Å². The van der Waals surface area contributed by atoms with E-state index in [4.69, 9.17) is 9.05 Å². The first-order valence-corrected chi connectivity index (χ1v) is 8.72. The maximum absolute atomic E-state index is 12.4. The number of aromatic nitrogens is 4. The van der Waals surface area contributed by atoms with Crippen LogP contribution in [0.15, 0.2) is 63.6 Å². The molecule has 0 aliphatic rings. The topological polar surface area (TPSA) is 107 Å². The van der Waals surface area contributed by atoms with Crippen molar-refractivity contribution in [3.8, 4) is 11.4 Å². The number of nitrogens with zero attached hydrogens (tertiary/aromatic N) is 4. The van der Waals surface area contributed by atoms with E-state index >= 15 is 0 Å². The molecule has 0 aliphatic carbocycles. The highest BCUT2D eigenvalue weighted by atomic mass is 16.5. The van der Waals surface area contributed by atoms with Gasteiger partial charge in [-0.15, -0.1) is 0 Å². The van der Waals surface area contributed by atoms with Gasteiger partial charge in [0.15, 0.2) is 5.82 Å². The molecule has 8 nitrogen and oxygen atoms in total. The largest absolute Gasteiger partial charge is 0.345 e. The van der Waals surface area contributed by atoms with Gasteiger partial charge in [-0.2, -0.15) is 9.97 Å². The molecule has 0 aliphatic heterocycles. The summed E-state index contributed by atoms with van der Waals surface area (Å²) in [5.41, 5.74) is 2.26. The Hall–Kier alpha value is -3.81. The summed E-state index contributed by atoms with van der Waals surface area (Å²) in [5.74, 6) is 1.58. The molecule has 0 fully saturated rings. The monoisotopic (exact) mass is 375 g/mol. The van der Waals surface area contributed by atoms with Gasteiger partial charge < -0.3 is 14.4 Å². The summed E-state index contributed by atoms with van der Waals surface area (Å²) in [7, 11) is 0. The molecular formula is C20H17N5O3. The third-order valence-electron chi connectivity index (χ3n) is 4.03. The number of hydrogen-bond acceptors (Lipinski definition) is 7. The van der Waals surface area contributed by atoms with Crippen molar-refractivity contribution < 1.29 is 13.8 Å². The van der Waals surface area contributed by atoms with Crippen LogP contribution < -0.4 is 5.32 Å². The molecule has 1 N–H and O–H groups in total. The van der Waals surface area contributed by atoms with Crippen molar-refractivity contribution in [2.75, 3.05) is 0 Å². The molecule has 1 amide bonds. The summed E-state index contributed by atoms with van der Waals surface area (Å²) in [5, 5.41) is 10.6. The first-order chi connectivity index (χ1) is 13.7. The summed E-state index contributed by atoms with van der Waals surface area (Å²) in [6.45, 7) is 1.88. The second kappa shape index (κ2) is 7.83. The minimum absolute atomic E-state index is 0.169. The molecule has 2 aromatic carbocycles. The Morgan fingerprint density at radius 1 is 1.00 bits per heavy atom. The highest BCUT2D eigenvalue weighted by Gasteiger charge is 2.12. The van der Waals surface area contributed by atoms with Gasteiger partial charge in [0.25, 0.3) is 5.91 Å². The van der Waals surface area contributed by atoms with Crippen LogP contribution in [0.1, 0.15) is 33.5 Å². The van der Waals surface area contributed by atoms with Crippen molar-refractivity contribution >= 4 is 5.91 Å². The summed E-state index contributed by atoms with van der Waals surface area (Å²) in [4.78, 5) is 20.9. The lowest BCUT2D eigenvalue weighted by Crippen LogP contribution is -2.23. The van der Waals surface area contributed by atoms with E-state index in [-0.39, 0.29) is 12.5 Å². The van der Waals surface area contributed by atoms with Gasteiger partial charge in [0, 0.05) is 18.1 Å². The number of aryl methyl sites for hydroxylation is 1. The third-order valence-corrected chi connectivity index (χ3v) is 4.03. The number of nitrogens with one attached hydrogen (secondary N) is 1. The standard InChI is InChI=1S/C20H17N5O3/c1-13-22-19(25-27-13)15-8-5-9-16(11-15)20(26)21-12-17-23-18(28-24-17)10-14-6-3-2-4-7-14/h2-9,11H,10,12H2,1H3,(H,21,26). The fourth-order valence-corrected chi connectivity index (χ4v) is 2.68. The lowest BCUT2D eigenvalue weighted by atomic mass is 10.1. The first kappa shape index (κ1) is 17.6. The van der Waals surface area contributed by atoms with Gasteiger partial charge in [0.2, 0.25) is 17.6 Å². The zero-order valence-corrected chi connectivity index (χ0v) is 15.1. The maximum Gasteiger partial charge on any atom is 0.251 e. The quantitative estimate of drug-likeness (QED) is 0.552. The van der Waals surface area contributed by atoms with Gasteiger partial charge in [-0.3, -0.25) is 4.79 Å². The lowest BCUT2D eigenvalue weighted by molar-refractivity contribution is 0.0949. The van der Waals surface area contributed by atoms with Gasteiger partial charge in [0.1, 0.15) is 0 Å². The average molecular weight is 375 g/mol. The molecule has 2 heterocycles. The normalized spacial score (nSPS) is 10.8. The molecular weight excluding hydrogens is 358 g/mol. The van der Waals surface area contributed by atoms with Crippen molar-refractivity contribution in [1.29, 1.82) is 0 Å². The molecule has 2 aromatic heterocycles. The van der Waals surface area contributed by atoms with Crippen LogP contribution in [-0.2, 0) is 13.0 Å². The Bertz CT molecular complexity index is 1090. The maximum atomic E-state index is 12.4. The number of carbonyl (C=O) groups excluding carboxylic acids is 1. The number of benzene rings is 2. The van der Waals surface area contributed by atoms with Crippen molar-refractivity contribution in [2.24, 2.45) is 0 Å². The molecule has 28 heavy (non-hydrogen) atoms. The summed E-state index contributed by atoms with van der Waals surface area (Å²) in [6, 6.07) is 16.8. The van der Waals surface area contributed by atoms with Crippen LogP contribution in [0.4, 0.5) is 0 Å². The fraction of sp³-hybridized carbons (Fsp3) is 0.150. The highest BCUT2D eigenvalue weighted by molar-refractivity contribution is 5.95. The first-order valence-electron chi connectivity index (χ1n) is 8.72. The van der Waals surface area contributed by atoms with Crippen LogP contribution in [0.5, 0.6) is 0 Å². The molecule has 0 unspecified atom stereocenters.